The Balaban J connectivity index is 2.42. The van der Waals surface area contributed by atoms with E-state index >= 15 is 0 Å². The molecule has 1 aliphatic heterocycles. The van der Waals surface area contributed by atoms with Gasteiger partial charge in [-0.15, -0.1) is 0 Å². The van der Waals surface area contributed by atoms with Crippen molar-refractivity contribution in [3.63, 3.8) is 0 Å². The average Bonchev–Trinajstić information content (AvgIpc) is 2.33. The average molecular weight is 254 g/mol. The lowest BCUT2D eigenvalue weighted by molar-refractivity contribution is 0.571. The van der Waals surface area contributed by atoms with Crippen LogP contribution < -0.4 is 10.2 Å². The fourth-order valence-corrected chi connectivity index (χ4v) is 3.71. The van der Waals surface area contributed by atoms with E-state index in [1.807, 2.05) is 19.2 Å². The summed E-state index contributed by atoms with van der Waals surface area (Å²) in [5.74, 6) is 0. The number of hydrogen-bond donors (Lipinski definition) is 1. The predicted octanol–water partition coefficient (Wildman–Crippen LogP) is 0.888. The van der Waals surface area contributed by atoms with Gasteiger partial charge < -0.3 is 10.2 Å². The van der Waals surface area contributed by atoms with E-state index in [0.29, 0.717) is 11.4 Å². The summed E-state index contributed by atoms with van der Waals surface area (Å²) >= 11 is 0. The number of nitrogens with one attached hydrogen (secondary N) is 1. The van der Waals surface area contributed by atoms with Gasteiger partial charge in [0.15, 0.2) is 9.84 Å². The molecule has 0 aromatic heterocycles. The molecule has 2 rings (SSSR count). The molecule has 0 amide bonds. The van der Waals surface area contributed by atoms with E-state index in [2.05, 4.69) is 10.2 Å². The molecule has 0 radical (unpaired) electrons. The van der Waals surface area contributed by atoms with E-state index in [4.69, 9.17) is 0 Å². The van der Waals surface area contributed by atoms with Gasteiger partial charge in [0.25, 0.3) is 0 Å². The maximum atomic E-state index is 12.2. The molecule has 1 aromatic rings. The van der Waals surface area contributed by atoms with Crippen LogP contribution in [0.15, 0.2) is 29.2 Å². The van der Waals surface area contributed by atoms with Crippen LogP contribution in [0.4, 0.5) is 5.69 Å². The van der Waals surface area contributed by atoms with Gasteiger partial charge in [-0.3, -0.25) is 0 Å². The van der Waals surface area contributed by atoms with E-state index in [0.717, 1.165) is 18.8 Å². The SMILES string of the molecule is CNCCN1CC(C)S(=O)(=O)c2ccccc21. The van der Waals surface area contributed by atoms with Gasteiger partial charge in [0.05, 0.1) is 15.8 Å². The van der Waals surface area contributed by atoms with Crippen molar-refractivity contribution in [1.82, 2.24) is 5.32 Å². The van der Waals surface area contributed by atoms with Gasteiger partial charge in [0, 0.05) is 19.6 Å². The third kappa shape index (κ3) is 2.17. The Bertz CT molecular complexity index is 499. The Labute approximate surface area is 103 Å². The first kappa shape index (κ1) is 12.4. The molecule has 0 bridgehead atoms. The standard InChI is InChI=1S/C12H18N2O2S/c1-10-9-14(8-7-13-2)11-5-3-4-6-12(11)17(10,15)16/h3-6,10,13H,7-9H2,1-2H3. The van der Waals surface area contributed by atoms with Crippen molar-refractivity contribution in [3.05, 3.63) is 24.3 Å². The molecular formula is C12H18N2O2S. The highest BCUT2D eigenvalue weighted by Gasteiger charge is 2.33. The summed E-state index contributed by atoms with van der Waals surface area (Å²) in [7, 11) is -1.24. The van der Waals surface area contributed by atoms with Crippen LogP contribution in [0.25, 0.3) is 0 Å². The van der Waals surface area contributed by atoms with Crippen LogP contribution in [0.2, 0.25) is 0 Å². The van der Waals surface area contributed by atoms with Crippen LogP contribution in [-0.2, 0) is 9.84 Å². The molecule has 1 unspecified atom stereocenters. The number of hydrogen-bond acceptors (Lipinski definition) is 4. The molecule has 4 nitrogen and oxygen atoms in total. The number of rotatable bonds is 3. The minimum atomic E-state index is -3.14. The molecule has 1 aliphatic rings. The normalized spacial score (nSPS) is 22.2. The molecule has 5 heteroatoms. The monoisotopic (exact) mass is 254 g/mol. The topological polar surface area (TPSA) is 49.4 Å². The lowest BCUT2D eigenvalue weighted by Crippen LogP contribution is -2.43. The quantitative estimate of drug-likeness (QED) is 0.870. The molecule has 1 atom stereocenters. The van der Waals surface area contributed by atoms with Gasteiger partial charge in [-0.2, -0.15) is 0 Å². The number of nitrogens with zero attached hydrogens (tertiary/aromatic N) is 1. The van der Waals surface area contributed by atoms with Gasteiger partial charge in [0.2, 0.25) is 0 Å². The number of benzene rings is 1. The highest BCUT2D eigenvalue weighted by molar-refractivity contribution is 7.92. The summed E-state index contributed by atoms with van der Waals surface area (Å²) in [6, 6.07) is 7.25. The molecule has 1 heterocycles. The van der Waals surface area contributed by atoms with E-state index in [-0.39, 0.29) is 5.25 Å². The second-order valence-electron chi connectivity index (χ2n) is 4.37. The minimum absolute atomic E-state index is 0.339. The van der Waals surface area contributed by atoms with Crippen LogP contribution in [0.1, 0.15) is 6.92 Å². The molecule has 0 saturated heterocycles. The Morgan fingerprint density at radius 1 is 1.41 bits per heavy atom. The highest BCUT2D eigenvalue weighted by atomic mass is 32.2. The van der Waals surface area contributed by atoms with Crippen molar-refractivity contribution in [2.45, 2.75) is 17.1 Å². The van der Waals surface area contributed by atoms with Crippen LogP contribution in [0, 0.1) is 0 Å². The van der Waals surface area contributed by atoms with E-state index < -0.39 is 9.84 Å². The summed E-state index contributed by atoms with van der Waals surface area (Å²) in [6.07, 6.45) is 0. The maximum absolute atomic E-state index is 12.2. The Morgan fingerprint density at radius 2 is 2.12 bits per heavy atom. The Morgan fingerprint density at radius 3 is 2.82 bits per heavy atom. The Hall–Kier alpha value is -1.07. The third-order valence-electron chi connectivity index (χ3n) is 3.15. The first-order chi connectivity index (χ1) is 8.07. The zero-order valence-electron chi connectivity index (χ0n) is 10.2. The van der Waals surface area contributed by atoms with Crippen LogP contribution in [0.5, 0.6) is 0 Å². The lowest BCUT2D eigenvalue weighted by atomic mass is 10.2. The van der Waals surface area contributed by atoms with Crippen molar-refractivity contribution in [2.24, 2.45) is 0 Å². The van der Waals surface area contributed by atoms with Crippen molar-refractivity contribution in [3.8, 4) is 0 Å². The van der Waals surface area contributed by atoms with E-state index in [1.54, 1.807) is 19.1 Å². The molecule has 1 N–H and O–H groups in total. The summed E-state index contributed by atoms with van der Waals surface area (Å²) in [4.78, 5) is 2.60. The first-order valence-corrected chi connectivity index (χ1v) is 7.34. The fraction of sp³-hybridized carbons (Fsp3) is 0.500. The number of fused-ring (bicyclic) bond motifs is 1. The Kier molecular flexibility index (Phi) is 3.40. The molecular weight excluding hydrogens is 236 g/mol. The second kappa shape index (κ2) is 4.66. The van der Waals surface area contributed by atoms with Crippen LogP contribution in [0.3, 0.4) is 0 Å². The summed E-state index contributed by atoms with van der Waals surface area (Å²) < 4.78 is 24.4. The molecule has 1 aromatic carbocycles. The van der Waals surface area contributed by atoms with Crippen LogP contribution in [-0.4, -0.2) is 40.3 Å². The maximum Gasteiger partial charge on any atom is 0.184 e. The summed E-state index contributed by atoms with van der Waals surface area (Å²) in [5.41, 5.74) is 0.834. The van der Waals surface area contributed by atoms with Crippen molar-refractivity contribution in [2.75, 3.05) is 31.6 Å². The van der Waals surface area contributed by atoms with Crippen molar-refractivity contribution in [1.29, 1.82) is 0 Å². The summed E-state index contributed by atoms with van der Waals surface area (Å²) in [6.45, 7) is 4.02. The molecule has 17 heavy (non-hydrogen) atoms. The van der Waals surface area contributed by atoms with Gasteiger partial charge in [-0.05, 0) is 26.1 Å². The number of para-hydroxylation sites is 1. The molecule has 0 spiro atoms. The number of anilines is 1. The number of likely N-dealkylation sites (N-methyl/N-ethyl adjacent to an activating group) is 1. The fourth-order valence-electron chi connectivity index (χ4n) is 2.14. The van der Waals surface area contributed by atoms with Gasteiger partial charge >= 0.3 is 0 Å². The first-order valence-electron chi connectivity index (χ1n) is 5.80. The zero-order chi connectivity index (χ0) is 12.5. The van der Waals surface area contributed by atoms with Gasteiger partial charge in [0.1, 0.15) is 0 Å². The van der Waals surface area contributed by atoms with Crippen LogP contribution >= 0.6 is 0 Å². The molecule has 0 fully saturated rings. The lowest BCUT2D eigenvalue weighted by Gasteiger charge is -2.34. The van der Waals surface area contributed by atoms with Crippen molar-refractivity contribution < 1.29 is 8.42 Å². The molecule has 0 saturated carbocycles. The molecule has 0 aliphatic carbocycles. The largest absolute Gasteiger partial charge is 0.368 e. The smallest absolute Gasteiger partial charge is 0.184 e. The predicted molar refractivity (Wildman–Crippen MR) is 69.2 cm³/mol. The summed E-state index contributed by atoms with van der Waals surface area (Å²) in [5, 5.41) is 2.75. The second-order valence-corrected chi connectivity index (χ2v) is 6.71. The van der Waals surface area contributed by atoms with E-state index in [1.165, 1.54) is 0 Å². The molecule has 94 valence electrons. The van der Waals surface area contributed by atoms with Crippen molar-refractivity contribution >= 4 is 15.5 Å². The van der Waals surface area contributed by atoms with Gasteiger partial charge in [-0.1, -0.05) is 12.1 Å². The zero-order valence-corrected chi connectivity index (χ0v) is 11.0. The minimum Gasteiger partial charge on any atom is -0.368 e. The third-order valence-corrected chi connectivity index (χ3v) is 5.32. The van der Waals surface area contributed by atoms with E-state index in [9.17, 15) is 8.42 Å². The highest BCUT2D eigenvalue weighted by Crippen LogP contribution is 2.32. The number of sulfone groups is 1. The van der Waals surface area contributed by atoms with Gasteiger partial charge in [-0.25, -0.2) is 8.42 Å².